The van der Waals surface area contributed by atoms with Crippen LogP contribution in [-0.4, -0.2) is 19.9 Å². The molecule has 6 heteroatoms. The molecule has 0 saturated heterocycles. The molecule has 0 amide bonds. The third-order valence-electron chi connectivity index (χ3n) is 4.99. The summed E-state index contributed by atoms with van der Waals surface area (Å²) in [6.07, 6.45) is 0.596. The lowest BCUT2D eigenvalue weighted by atomic mass is 9.97. The van der Waals surface area contributed by atoms with Gasteiger partial charge in [-0.2, -0.15) is 5.10 Å². The molecule has 0 bridgehead atoms. The molecular formula is C23H20ClFN2O2. The Bertz CT molecular complexity index is 1050. The van der Waals surface area contributed by atoms with Crippen molar-refractivity contribution in [3.05, 3.63) is 88.7 Å². The van der Waals surface area contributed by atoms with E-state index in [9.17, 15) is 4.39 Å². The Balaban J connectivity index is 1.80. The smallest absolute Gasteiger partial charge is 0.148 e. The summed E-state index contributed by atoms with van der Waals surface area (Å²) >= 11 is 6.03. The first-order valence-corrected chi connectivity index (χ1v) is 9.57. The fourth-order valence-electron chi connectivity index (χ4n) is 3.52. The number of para-hydroxylation sites is 1. The van der Waals surface area contributed by atoms with Gasteiger partial charge in [-0.3, -0.25) is 5.01 Å². The molecule has 0 saturated carbocycles. The van der Waals surface area contributed by atoms with Crippen LogP contribution in [0.3, 0.4) is 0 Å². The van der Waals surface area contributed by atoms with Crippen molar-refractivity contribution in [1.29, 1.82) is 0 Å². The van der Waals surface area contributed by atoms with Gasteiger partial charge in [-0.05, 0) is 42.0 Å². The van der Waals surface area contributed by atoms with Crippen molar-refractivity contribution in [2.75, 3.05) is 19.2 Å². The molecule has 148 valence electrons. The molecule has 4 nitrogen and oxygen atoms in total. The summed E-state index contributed by atoms with van der Waals surface area (Å²) in [5, 5.41) is 7.16. The van der Waals surface area contributed by atoms with Crippen LogP contribution in [0.5, 0.6) is 11.5 Å². The van der Waals surface area contributed by atoms with Crippen LogP contribution in [0, 0.1) is 5.82 Å². The van der Waals surface area contributed by atoms with Crippen molar-refractivity contribution in [1.82, 2.24) is 0 Å². The van der Waals surface area contributed by atoms with E-state index < -0.39 is 0 Å². The molecule has 0 radical (unpaired) electrons. The Labute approximate surface area is 174 Å². The molecule has 3 aromatic rings. The van der Waals surface area contributed by atoms with Gasteiger partial charge in [0.1, 0.15) is 17.3 Å². The van der Waals surface area contributed by atoms with Gasteiger partial charge in [-0.25, -0.2) is 4.39 Å². The number of nitrogens with zero attached hydrogens (tertiary/aromatic N) is 2. The fraction of sp³-hybridized carbons (Fsp3) is 0.174. The maximum absolute atomic E-state index is 14.6. The zero-order valence-corrected chi connectivity index (χ0v) is 16.9. The minimum Gasteiger partial charge on any atom is -0.497 e. The number of hydrogen-bond acceptors (Lipinski definition) is 4. The molecule has 0 aromatic heterocycles. The standard InChI is InChI=1S/C23H20ClFN2O2/c1-28-17-11-12-18(23(13-17)29-2)22-14-20(15-7-9-16(24)10-8-15)26-27(22)21-6-4-3-5-19(21)25/h3-13,22H,14H2,1-2H3. The first kappa shape index (κ1) is 19.3. The molecule has 0 N–H and O–H groups in total. The van der Waals surface area contributed by atoms with Crippen molar-refractivity contribution in [3.63, 3.8) is 0 Å². The molecule has 1 atom stereocenters. The summed E-state index contributed by atoms with van der Waals surface area (Å²) < 4.78 is 25.5. The van der Waals surface area contributed by atoms with Gasteiger partial charge in [-0.1, -0.05) is 35.9 Å². The number of benzene rings is 3. The number of hydrazone groups is 1. The maximum Gasteiger partial charge on any atom is 0.148 e. The van der Waals surface area contributed by atoms with E-state index in [2.05, 4.69) is 0 Å². The Morgan fingerprint density at radius 1 is 1.00 bits per heavy atom. The van der Waals surface area contributed by atoms with Gasteiger partial charge in [0.2, 0.25) is 0 Å². The van der Waals surface area contributed by atoms with Gasteiger partial charge in [0.15, 0.2) is 0 Å². The van der Waals surface area contributed by atoms with Crippen LogP contribution in [0.4, 0.5) is 10.1 Å². The highest BCUT2D eigenvalue weighted by Gasteiger charge is 2.33. The van der Waals surface area contributed by atoms with Gasteiger partial charge >= 0.3 is 0 Å². The Morgan fingerprint density at radius 2 is 1.76 bits per heavy atom. The van der Waals surface area contributed by atoms with Gasteiger partial charge in [0.05, 0.1) is 31.7 Å². The summed E-state index contributed by atoms with van der Waals surface area (Å²) in [6, 6.07) is 19.6. The predicted molar refractivity (Wildman–Crippen MR) is 114 cm³/mol. The molecule has 3 aromatic carbocycles. The minimum atomic E-state index is -0.328. The van der Waals surface area contributed by atoms with Crippen LogP contribution >= 0.6 is 11.6 Å². The van der Waals surface area contributed by atoms with Crippen molar-refractivity contribution in [2.24, 2.45) is 5.10 Å². The molecule has 29 heavy (non-hydrogen) atoms. The van der Waals surface area contributed by atoms with E-state index in [4.69, 9.17) is 26.2 Å². The SMILES string of the molecule is COc1ccc(C2CC(c3ccc(Cl)cc3)=NN2c2ccccc2F)c(OC)c1. The third kappa shape index (κ3) is 3.78. The molecule has 0 spiro atoms. The largest absolute Gasteiger partial charge is 0.497 e. The molecule has 1 aliphatic rings. The van der Waals surface area contributed by atoms with Crippen LogP contribution in [0.25, 0.3) is 0 Å². The van der Waals surface area contributed by atoms with Crippen molar-refractivity contribution in [3.8, 4) is 11.5 Å². The van der Waals surface area contributed by atoms with Gasteiger partial charge < -0.3 is 9.47 Å². The molecular weight excluding hydrogens is 391 g/mol. The quantitative estimate of drug-likeness (QED) is 0.529. The van der Waals surface area contributed by atoms with Crippen LogP contribution in [0.1, 0.15) is 23.6 Å². The fourth-order valence-corrected chi connectivity index (χ4v) is 3.65. The van der Waals surface area contributed by atoms with Crippen molar-refractivity contribution in [2.45, 2.75) is 12.5 Å². The monoisotopic (exact) mass is 410 g/mol. The summed E-state index contributed by atoms with van der Waals surface area (Å²) in [5.74, 6) is 1.04. The molecule has 1 aliphatic heterocycles. The van der Waals surface area contributed by atoms with Gasteiger partial charge in [0.25, 0.3) is 0 Å². The van der Waals surface area contributed by atoms with Crippen LogP contribution in [-0.2, 0) is 0 Å². The second-order valence-electron chi connectivity index (χ2n) is 6.68. The zero-order valence-electron chi connectivity index (χ0n) is 16.1. The Kier molecular flexibility index (Phi) is 5.41. The highest BCUT2D eigenvalue weighted by atomic mass is 35.5. The zero-order chi connectivity index (χ0) is 20.4. The van der Waals surface area contributed by atoms with E-state index in [1.165, 1.54) is 6.07 Å². The number of ether oxygens (including phenoxy) is 2. The lowest BCUT2D eigenvalue weighted by Gasteiger charge is -2.25. The average Bonchev–Trinajstić information content (AvgIpc) is 3.19. The second-order valence-corrected chi connectivity index (χ2v) is 7.11. The number of methoxy groups -OCH3 is 2. The van der Waals surface area contributed by atoms with Crippen LogP contribution in [0.15, 0.2) is 71.8 Å². The Hall–Kier alpha value is -3.05. The Morgan fingerprint density at radius 3 is 2.45 bits per heavy atom. The first-order valence-electron chi connectivity index (χ1n) is 9.20. The number of hydrogen-bond donors (Lipinski definition) is 0. The van der Waals surface area contributed by atoms with Gasteiger partial charge in [0, 0.05) is 23.1 Å². The summed E-state index contributed by atoms with van der Waals surface area (Å²) in [5.41, 5.74) is 3.13. The average molecular weight is 411 g/mol. The summed E-state index contributed by atoms with van der Waals surface area (Å²) in [7, 11) is 3.22. The molecule has 0 aliphatic carbocycles. The lowest BCUT2D eigenvalue weighted by molar-refractivity contribution is 0.388. The highest BCUT2D eigenvalue weighted by Crippen LogP contribution is 2.42. The predicted octanol–water partition coefficient (Wildman–Crippen LogP) is 5.85. The van der Waals surface area contributed by atoms with Crippen molar-refractivity contribution < 1.29 is 13.9 Å². The van der Waals surface area contributed by atoms with E-state index in [-0.39, 0.29) is 11.9 Å². The third-order valence-corrected chi connectivity index (χ3v) is 5.24. The highest BCUT2D eigenvalue weighted by molar-refractivity contribution is 6.30. The maximum atomic E-state index is 14.6. The molecule has 1 heterocycles. The van der Waals surface area contributed by atoms with E-state index in [1.807, 2.05) is 42.5 Å². The van der Waals surface area contributed by atoms with Crippen LogP contribution in [0.2, 0.25) is 5.02 Å². The summed E-state index contributed by atoms with van der Waals surface area (Å²) in [6.45, 7) is 0. The normalized spacial score (nSPS) is 15.9. The van der Waals surface area contributed by atoms with E-state index in [0.29, 0.717) is 28.6 Å². The topological polar surface area (TPSA) is 34.1 Å². The van der Waals surface area contributed by atoms with E-state index >= 15 is 0 Å². The lowest BCUT2D eigenvalue weighted by Crippen LogP contribution is -2.20. The number of halogens is 2. The molecule has 0 fully saturated rings. The van der Waals surface area contributed by atoms with Crippen LogP contribution < -0.4 is 14.5 Å². The second kappa shape index (κ2) is 8.13. The number of anilines is 1. The summed E-state index contributed by atoms with van der Waals surface area (Å²) in [4.78, 5) is 0. The van der Waals surface area contributed by atoms with Gasteiger partial charge in [-0.15, -0.1) is 0 Å². The molecule has 1 unspecified atom stereocenters. The van der Waals surface area contributed by atoms with Crippen molar-refractivity contribution >= 4 is 23.0 Å². The van der Waals surface area contributed by atoms with E-state index in [0.717, 1.165) is 16.8 Å². The van der Waals surface area contributed by atoms with E-state index in [1.54, 1.807) is 37.4 Å². The molecule has 4 rings (SSSR count). The first-order chi connectivity index (χ1) is 14.1. The number of rotatable bonds is 5. The minimum absolute atomic E-state index is 0.224.